The van der Waals surface area contributed by atoms with E-state index in [-0.39, 0.29) is 5.82 Å². The molecule has 0 aliphatic carbocycles. The Morgan fingerprint density at radius 1 is 1.09 bits per heavy atom. The first kappa shape index (κ1) is 15.6. The zero-order valence-electron chi connectivity index (χ0n) is 11.7. The summed E-state index contributed by atoms with van der Waals surface area (Å²) in [5, 5.41) is 5.50. The SMILES string of the molecule is NS(=O)(=O)Nc1ccc(-c2cnc(-c3ccccc3F)s2)cc1. The van der Waals surface area contributed by atoms with E-state index in [0.717, 1.165) is 10.4 Å². The van der Waals surface area contributed by atoms with Crippen molar-refractivity contribution < 1.29 is 12.8 Å². The van der Waals surface area contributed by atoms with E-state index in [9.17, 15) is 12.8 Å². The van der Waals surface area contributed by atoms with Gasteiger partial charge in [0.2, 0.25) is 0 Å². The number of benzene rings is 2. The normalized spacial score (nSPS) is 11.4. The van der Waals surface area contributed by atoms with Gasteiger partial charge in [-0.05, 0) is 29.8 Å². The maximum atomic E-state index is 13.8. The van der Waals surface area contributed by atoms with Crippen molar-refractivity contribution in [1.29, 1.82) is 0 Å². The second-order valence-corrected chi connectivity index (χ2v) is 7.06. The molecule has 0 saturated carbocycles. The van der Waals surface area contributed by atoms with Gasteiger partial charge in [-0.2, -0.15) is 8.42 Å². The smallest absolute Gasteiger partial charge is 0.271 e. The molecule has 0 amide bonds. The fourth-order valence-electron chi connectivity index (χ4n) is 2.03. The first-order valence-corrected chi connectivity index (χ1v) is 8.90. The van der Waals surface area contributed by atoms with Crippen molar-refractivity contribution in [3.63, 3.8) is 0 Å². The number of nitrogens with zero attached hydrogens (tertiary/aromatic N) is 1. The zero-order chi connectivity index (χ0) is 16.4. The van der Waals surface area contributed by atoms with Crippen LogP contribution >= 0.6 is 11.3 Å². The molecule has 5 nitrogen and oxygen atoms in total. The van der Waals surface area contributed by atoms with E-state index in [2.05, 4.69) is 9.71 Å². The second kappa shape index (κ2) is 6.07. The first-order chi connectivity index (χ1) is 10.9. The number of nitrogens with two attached hydrogens (primary N) is 1. The Morgan fingerprint density at radius 2 is 1.78 bits per heavy atom. The molecule has 0 unspecified atom stereocenters. The molecule has 0 atom stereocenters. The Morgan fingerprint density at radius 3 is 2.43 bits per heavy atom. The van der Waals surface area contributed by atoms with Crippen LogP contribution in [0.3, 0.4) is 0 Å². The molecule has 3 aromatic rings. The molecule has 8 heteroatoms. The van der Waals surface area contributed by atoms with Crippen molar-refractivity contribution in [2.45, 2.75) is 0 Å². The summed E-state index contributed by atoms with van der Waals surface area (Å²) in [5.41, 5.74) is 1.68. The van der Waals surface area contributed by atoms with E-state index in [0.29, 0.717) is 16.3 Å². The van der Waals surface area contributed by atoms with Gasteiger partial charge in [0.05, 0.1) is 4.88 Å². The van der Waals surface area contributed by atoms with Crippen molar-refractivity contribution in [2.75, 3.05) is 4.72 Å². The van der Waals surface area contributed by atoms with Crippen molar-refractivity contribution in [2.24, 2.45) is 5.14 Å². The number of hydrogen-bond acceptors (Lipinski definition) is 4. The molecule has 0 aliphatic rings. The minimum Gasteiger partial charge on any atom is -0.271 e. The van der Waals surface area contributed by atoms with Gasteiger partial charge >= 0.3 is 0 Å². The van der Waals surface area contributed by atoms with E-state index >= 15 is 0 Å². The molecule has 1 heterocycles. The van der Waals surface area contributed by atoms with E-state index in [1.54, 1.807) is 48.7 Å². The van der Waals surface area contributed by atoms with Gasteiger partial charge in [0.25, 0.3) is 10.2 Å². The molecule has 118 valence electrons. The first-order valence-electron chi connectivity index (χ1n) is 6.54. The third-order valence-corrected chi connectivity index (χ3v) is 4.64. The Labute approximate surface area is 136 Å². The lowest BCUT2D eigenvalue weighted by molar-refractivity contribution is 0.603. The summed E-state index contributed by atoms with van der Waals surface area (Å²) in [4.78, 5) is 5.10. The molecule has 3 rings (SSSR count). The number of anilines is 1. The summed E-state index contributed by atoms with van der Waals surface area (Å²) in [6.45, 7) is 0. The predicted octanol–water partition coefficient (Wildman–Crippen LogP) is 3.23. The molecule has 2 aromatic carbocycles. The van der Waals surface area contributed by atoms with E-state index in [1.807, 2.05) is 0 Å². The molecule has 0 aliphatic heterocycles. The zero-order valence-corrected chi connectivity index (χ0v) is 13.4. The lowest BCUT2D eigenvalue weighted by atomic mass is 10.2. The van der Waals surface area contributed by atoms with Gasteiger partial charge in [-0.3, -0.25) is 4.72 Å². The average molecular weight is 349 g/mol. The second-order valence-electron chi connectivity index (χ2n) is 4.73. The van der Waals surface area contributed by atoms with E-state index in [4.69, 9.17) is 5.14 Å². The van der Waals surface area contributed by atoms with Crippen molar-refractivity contribution in [3.8, 4) is 21.0 Å². The molecule has 3 N–H and O–H groups in total. The summed E-state index contributed by atoms with van der Waals surface area (Å²) in [6.07, 6.45) is 1.66. The fraction of sp³-hybridized carbons (Fsp3) is 0. The maximum Gasteiger partial charge on any atom is 0.296 e. The minimum atomic E-state index is -3.79. The lowest BCUT2D eigenvalue weighted by Gasteiger charge is -2.04. The molecule has 0 radical (unpaired) electrons. The number of halogens is 1. The van der Waals surface area contributed by atoms with Crippen LogP contribution in [0.25, 0.3) is 21.0 Å². The van der Waals surface area contributed by atoms with Crippen molar-refractivity contribution >= 4 is 27.2 Å². The molecule has 0 spiro atoms. The highest BCUT2D eigenvalue weighted by molar-refractivity contribution is 7.90. The van der Waals surface area contributed by atoms with Gasteiger partial charge in [0.1, 0.15) is 10.8 Å². The topological polar surface area (TPSA) is 85.1 Å². The predicted molar refractivity (Wildman–Crippen MR) is 89.7 cm³/mol. The molecule has 0 bridgehead atoms. The van der Waals surface area contributed by atoms with Gasteiger partial charge in [-0.15, -0.1) is 11.3 Å². The number of aromatic nitrogens is 1. The van der Waals surface area contributed by atoms with Gasteiger partial charge in [-0.25, -0.2) is 14.5 Å². The molecule has 0 fully saturated rings. The third kappa shape index (κ3) is 3.73. The Hall–Kier alpha value is -2.29. The molecule has 0 saturated heterocycles. The monoisotopic (exact) mass is 349 g/mol. The van der Waals surface area contributed by atoms with Crippen LogP contribution < -0.4 is 9.86 Å². The summed E-state index contributed by atoms with van der Waals surface area (Å²) in [6, 6.07) is 13.1. The highest BCUT2D eigenvalue weighted by Crippen LogP contribution is 2.33. The Balaban J connectivity index is 1.88. The van der Waals surface area contributed by atoms with Gasteiger partial charge in [0, 0.05) is 17.4 Å². The van der Waals surface area contributed by atoms with Crippen molar-refractivity contribution in [3.05, 3.63) is 60.5 Å². The van der Waals surface area contributed by atoms with Crippen LogP contribution in [0.5, 0.6) is 0 Å². The average Bonchev–Trinajstić information content (AvgIpc) is 2.96. The number of hydrogen-bond donors (Lipinski definition) is 2. The number of thiazole rings is 1. The van der Waals surface area contributed by atoms with Crippen LogP contribution in [0, 0.1) is 5.82 Å². The summed E-state index contributed by atoms with van der Waals surface area (Å²) >= 11 is 1.36. The van der Waals surface area contributed by atoms with Crippen LogP contribution in [0.2, 0.25) is 0 Å². The quantitative estimate of drug-likeness (QED) is 0.758. The molecular formula is C15H12FN3O2S2. The summed E-state index contributed by atoms with van der Waals surface area (Å²) < 4.78 is 37.9. The maximum absolute atomic E-state index is 13.8. The number of nitrogens with one attached hydrogen (secondary N) is 1. The standard InChI is InChI=1S/C15H12FN3O2S2/c16-13-4-2-1-3-12(13)15-18-9-14(22-15)10-5-7-11(8-6-10)19-23(17,20)21/h1-9,19H,(H2,17,20,21). The molecular weight excluding hydrogens is 337 g/mol. The van der Waals surface area contributed by atoms with Gasteiger partial charge in [0.15, 0.2) is 0 Å². The summed E-state index contributed by atoms with van der Waals surface area (Å²) in [5.74, 6) is -0.318. The fourth-order valence-corrected chi connectivity index (χ4v) is 3.45. The highest BCUT2D eigenvalue weighted by atomic mass is 32.2. The Bertz CT molecular complexity index is 937. The van der Waals surface area contributed by atoms with Crippen LogP contribution in [0.4, 0.5) is 10.1 Å². The van der Waals surface area contributed by atoms with Gasteiger partial charge in [-0.1, -0.05) is 24.3 Å². The highest BCUT2D eigenvalue weighted by Gasteiger charge is 2.10. The Kier molecular flexibility index (Phi) is 4.12. The number of rotatable bonds is 4. The van der Waals surface area contributed by atoms with Crippen molar-refractivity contribution in [1.82, 2.24) is 4.98 Å². The largest absolute Gasteiger partial charge is 0.296 e. The summed E-state index contributed by atoms with van der Waals surface area (Å²) in [7, 11) is -3.79. The lowest BCUT2D eigenvalue weighted by Crippen LogP contribution is -2.21. The van der Waals surface area contributed by atoms with Crippen LogP contribution in [-0.2, 0) is 10.2 Å². The van der Waals surface area contributed by atoms with E-state index < -0.39 is 10.2 Å². The van der Waals surface area contributed by atoms with Crippen LogP contribution in [0.1, 0.15) is 0 Å². The van der Waals surface area contributed by atoms with Gasteiger partial charge < -0.3 is 0 Å². The molecule has 23 heavy (non-hydrogen) atoms. The minimum absolute atomic E-state index is 0.318. The van der Waals surface area contributed by atoms with Crippen LogP contribution in [0.15, 0.2) is 54.7 Å². The van der Waals surface area contributed by atoms with E-state index in [1.165, 1.54) is 17.4 Å². The third-order valence-electron chi connectivity index (χ3n) is 3.04. The molecule has 1 aromatic heterocycles. The van der Waals surface area contributed by atoms with Crippen LogP contribution in [-0.4, -0.2) is 13.4 Å².